The van der Waals surface area contributed by atoms with Crippen LogP contribution in [0.4, 0.5) is 0 Å². The molecule has 1 aromatic rings. The molecule has 0 spiro atoms. The molecular formula is C11H11NO2. The van der Waals surface area contributed by atoms with E-state index in [0.29, 0.717) is 17.7 Å². The Bertz CT molecular complexity index is 421. The van der Waals surface area contributed by atoms with Gasteiger partial charge in [-0.2, -0.15) is 0 Å². The van der Waals surface area contributed by atoms with Gasteiger partial charge in [-0.3, -0.25) is 0 Å². The molecule has 0 atom stereocenters. The average Bonchev–Trinajstić information content (AvgIpc) is 2.18. The number of hydrogen-bond donors (Lipinski definition) is 2. The Hall–Kier alpha value is -1.77. The van der Waals surface area contributed by atoms with Gasteiger partial charge in [0.2, 0.25) is 0 Å². The second-order valence-corrected chi connectivity index (χ2v) is 3.35. The Kier molecular flexibility index (Phi) is 2.00. The van der Waals surface area contributed by atoms with Gasteiger partial charge in [0.15, 0.2) is 0 Å². The highest BCUT2D eigenvalue weighted by molar-refractivity contribution is 5.96. The zero-order valence-electron chi connectivity index (χ0n) is 7.66. The summed E-state index contributed by atoms with van der Waals surface area (Å²) in [5.41, 5.74) is 8.55. The van der Waals surface area contributed by atoms with E-state index in [1.54, 1.807) is 0 Å². The molecule has 72 valence electrons. The van der Waals surface area contributed by atoms with Crippen molar-refractivity contribution < 1.29 is 9.90 Å². The van der Waals surface area contributed by atoms with Gasteiger partial charge in [-0.25, -0.2) is 4.79 Å². The largest absolute Gasteiger partial charge is 0.478 e. The Morgan fingerprint density at radius 3 is 2.71 bits per heavy atom. The molecule has 1 aromatic carbocycles. The molecule has 0 saturated heterocycles. The highest BCUT2D eigenvalue weighted by atomic mass is 16.4. The highest BCUT2D eigenvalue weighted by Crippen LogP contribution is 2.27. The first-order chi connectivity index (χ1) is 6.70. The molecule has 0 radical (unpaired) electrons. The lowest BCUT2D eigenvalue weighted by Gasteiger charge is -2.17. The van der Waals surface area contributed by atoms with E-state index in [1.807, 2.05) is 24.3 Å². The number of aryl methyl sites for hydroxylation is 1. The van der Waals surface area contributed by atoms with E-state index in [0.717, 1.165) is 17.5 Å². The minimum Gasteiger partial charge on any atom is -0.478 e. The van der Waals surface area contributed by atoms with Crippen LogP contribution in [0.1, 0.15) is 17.5 Å². The molecule has 3 heteroatoms. The van der Waals surface area contributed by atoms with Gasteiger partial charge in [0.1, 0.15) is 0 Å². The molecular weight excluding hydrogens is 178 g/mol. The van der Waals surface area contributed by atoms with Crippen molar-refractivity contribution in [1.82, 2.24) is 0 Å². The van der Waals surface area contributed by atoms with E-state index in [9.17, 15) is 4.79 Å². The minimum atomic E-state index is -0.906. The maximum Gasteiger partial charge on any atom is 0.333 e. The van der Waals surface area contributed by atoms with Crippen molar-refractivity contribution in [3.05, 3.63) is 41.0 Å². The molecule has 0 amide bonds. The minimum absolute atomic E-state index is 0.337. The maximum atomic E-state index is 10.8. The second-order valence-electron chi connectivity index (χ2n) is 3.35. The molecule has 14 heavy (non-hydrogen) atoms. The second kappa shape index (κ2) is 3.18. The van der Waals surface area contributed by atoms with E-state index in [1.165, 1.54) is 0 Å². The number of fused-ring (bicyclic) bond motifs is 1. The molecule has 0 fully saturated rings. The third-order valence-corrected chi connectivity index (χ3v) is 2.54. The summed E-state index contributed by atoms with van der Waals surface area (Å²) in [7, 11) is 0. The number of rotatable bonds is 1. The molecule has 0 saturated carbocycles. The molecule has 0 heterocycles. The number of hydrogen-bond acceptors (Lipinski definition) is 2. The van der Waals surface area contributed by atoms with Gasteiger partial charge in [-0.15, -0.1) is 0 Å². The van der Waals surface area contributed by atoms with Crippen molar-refractivity contribution in [2.24, 2.45) is 5.73 Å². The Morgan fingerprint density at radius 2 is 2.00 bits per heavy atom. The fraction of sp³-hybridized carbons (Fsp3) is 0.182. The van der Waals surface area contributed by atoms with Crippen LogP contribution in [0.25, 0.3) is 5.70 Å². The van der Waals surface area contributed by atoms with Crippen molar-refractivity contribution in [2.75, 3.05) is 0 Å². The van der Waals surface area contributed by atoms with E-state index < -0.39 is 5.97 Å². The van der Waals surface area contributed by atoms with E-state index in [4.69, 9.17) is 10.8 Å². The zero-order valence-corrected chi connectivity index (χ0v) is 7.66. The van der Waals surface area contributed by atoms with Gasteiger partial charge in [0, 0.05) is 11.3 Å². The maximum absolute atomic E-state index is 10.8. The summed E-state index contributed by atoms with van der Waals surface area (Å²) in [4.78, 5) is 10.8. The van der Waals surface area contributed by atoms with E-state index >= 15 is 0 Å². The van der Waals surface area contributed by atoms with Crippen LogP contribution >= 0.6 is 0 Å². The predicted molar refractivity (Wildman–Crippen MR) is 53.5 cm³/mol. The summed E-state index contributed by atoms with van der Waals surface area (Å²) in [5.74, 6) is -0.906. The fourth-order valence-corrected chi connectivity index (χ4v) is 1.78. The van der Waals surface area contributed by atoms with E-state index in [2.05, 4.69) is 0 Å². The van der Waals surface area contributed by atoms with Crippen molar-refractivity contribution in [1.29, 1.82) is 0 Å². The lowest BCUT2D eigenvalue weighted by atomic mass is 9.90. The van der Waals surface area contributed by atoms with Crippen LogP contribution in [0.15, 0.2) is 29.8 Å². The lowest BCUT2D eigenvalue weighted by molar-refractivity contribution is -0.132. The summed E-state index contributed by atoms with van der Waals surface area (Å²) in [5, 5.41) is 8.90. The van der Waals surface area contributed by atoms with Crippen molar-refractivity contribution in [3.8, 4) is 0 Å². The Morgan fingerprint density at radius 1 is 1.29 bits per heavy atom. The molecule has 0 bridgehead atoms. The van der Waals surface area contributed by atoms with Crippen LogP contribution in [0, 0.1) is 0 Å². The molecule has 0 unspecified atom stereocenters. The normalized spacial score (nSPS) is 15.1. The highest BCUT2D eigenvalue weighted by Gasteiger charge is 2.20. The molecule has 3 N–H and O–H groups in total. The fourth-order valence-electron chi connectivity index (χ4n) is 1.78. The number of nitrogens with two attached hydrogens (primary N) is 1. The lowest BCUT2D eigenvalue weighted by Crippen LogP contribution is -2.16. The van der Waals surface area contributed by atoms with E-state index in [-0.39, 0.29) is 0 Å². The molecule has 1 aliphatic carbocycles. The van der Waals surface area contributed by atoms with Crippen LogP contribution in [0.2, 0.25) is 0 Å². The zero-order chi connectivity index (χ0) is 10.1. The summed E-state index contributed by atoms with van der Waals surface area (Å²) < 4.78 is 0. The Labute approximate surface area is 81.9 Å². The SMILES string of the molecule is NC1=C(C(=O)O)CCc2ccccc21. The number of aliphatic carboxylic acids is 1. The van der Waals surface area contributed by atoms with Crippen LogP contribution in [-0.2, 0) is 11.2 Å². The van der Waals surface area contributed by atoms with Crippen molar-refractivity contribution in [2.45, 2.75) is 12.8 Å². The monoisotopic (exact) mass is 189 g/mol. The third-order valence-electron chi connectivity index (χ3n) is 2.54. The first-order valence-corrected chi connectivity index (χ1v) is 4.50. The summed E-state index contributed by atoms with van der Waals surface area (Å²) in [6.45, 7) is 0. The summed E-state index contributed by atoms with van der Waals surface area (Å²) in [6.07, 6.45) is 1.29. The quantitative estimate of drug-likeness (QED) is 0.701. The van der Waals surface area contributed by atoms with Gasteiger partial charge in [0.05, 0.1) is 5.57 Å². The van der Waals surface area contributed by atoms with Crippen LogP contribution in [0.5, 0.6) is 0 Å². The van der Waals surface area contributed by atoms with Crippen molar-refractivity contribution >= 4 is 11.7 Å². The van der Waals surface area contributed by atoms with Gasteiger partial charge in [0.25, 0.3) is 0 Å². The number of carbonyl (C=O) groups is 1. The predicted octanol–water partition coefficient (Wildman–Crippen LogP) is 1.39. The van der Waals surface area contributed by atoms with Crippen molar-refractivity contribution in [3.63, 3.8) is 0 Å². The topological polar surface area (TPSA) is 63.3 Å². The van der Waals surface area contributed by atoms with Gasteiger partial charge in [-0.1, -0.05) is 24.3 Å². The molecule has 2 rings (SSSR count). The summed E-state index contributed by atoms with van der Waals surface area (Å²) >= 11 is 0. The number of benzene rings is 1. The first-order valence-electron chi connectivity index (χ1n) is 4.50. The molecule has 1 aliphatic rings. The standard InChI is InChI=1S/C11H11NO2/c12-10-8-4-2-1-3-7(8)5-6-9(10)11(13)14/h1-4H,5-6,12H2,(H,13,14). The number of carboxylic acid groups (broad SMARTS) is 1. The van der Waals surface area contributed by atoms with Gasteiger partial charge in [-0.05, 0) is 18.4 Å². The number of carboxylic acids is 1. The van der Waals surface area contributed by atoms with Gasteiger partial charge >= 0.3 is 5.97 Å². The smallest absolute Gasteiger partial charge is 0.333 e. The third kappa shape index (κ3) is 1.27. The molecule has 0 aliphatic heterocycles. The van der Waals surface area contributed by atoms with Crippen LogP contribution < -0.4 is 5.73 Å². The summed E-state index contributed by atoms with van der Waals surface area (Å²) in [6, 6.07) is 7.67. The molecule has 3 nitrogen and oxygen atoms in total. The van der Waals surface area contributed by atoms with Gasteiger partial charge < -0.3 is 10.8 Å². The van der Waals surface area contributed by atoms with Crippen LogP contribution in [0.3, 0.4) is 0 Å². The molecule has 0 aromatic heterocycles. The first kappa shape index (κ1) is 8.81. The van der Waals surface area contributed by atoms with Crippen LogP contribution in [-0.4, -0.2) is 11.1 Å². The Balaban J connectivity index is 2.56. The average molecular weight is 189 g/mol.